The third-order valence-electron chi connectivity index (χ3n) is 8.18. The van der Waals surface area contributed by atoms with E-state index >= 15 is 0 Å². The molecule has 2 aliphatic rings. The number of benzene rings is 2. The van der Waals surface area contributed by atoms with Crippen LogP contribution in [0, 0.1) is 5.92 Å². The number of nitrogens with zero attached hydrogens (tertiary/aromatic N) is 4. The van der Waals surface area contributed by atoms with Gasteiger partial charge in [-0.1, -0.05) is 32.0 Å². The number of aryl methyl sites for hydroxylation is 1. The molecule has 2 aliphatic heterocycles. The molecule has 0 saturated carbocycles. The monoisotopic (exact) mass is 602 g/mol. The molecule has 1 aromatic heterocycles. The van der Waals surface area contributed by atoms with E-state index in [0.29, 0.717) is 24.0 Å². The van der Waals surface area contributed by atoms with E-state index in [2.05, 4.69) is 19.9 Å². The van der Waals surface area contributed by atoms with Crippen molar-refractivity contribution in [2.24, 2.45) is 5.92 Å². The number of thiocarbonyl (C=S) groups is 1. The molecule has 0 aliphatic carbocycles. The zero-order valence-electron chi connectivity index (χ0n) is 25.2. The van der Waals surface area contributed by atoms with Gasteiger partial charge in [0, 0.05) is 30.2 Å². The van der Waals surface area contributed by atoms with Crippen LogP contribution in [-0.4, -0.2) is 70.6 Å². The zero-order chi connectivity index (χ0) is 30.7. The summed E-state index contributed by atoms with van der Waals surface area (Å²) >= 11 is 5.74. The van der Waals surface area contributed by atoms with E-state index in [1.54, 1.807) is 30.3 Å². The Morgan fingerprint density at radius 1 is 1.05 bits per heavy atom. The van der Waals surface area contributed by atoms with Gasteiger partial charge in [0.2, 0.25) is 5.91 Å². The average molecular weight is 603 g/mol. The molecule has 9 nitrogen and oxygen atoms in total. The van der Waals surface area contributed by atoms with Crippen LogP contribution in [0.25, 0.3) is 17.0 Å². The highest BCUT2D eigenvalue weighted by molar-refractivity contribution is 7.80. The number of likely N-dealkylation sites (tertiary alicyclic amines) is 1. The Labute approximate surface area is 257 Å². The highest BCUT2D eigenvalue weighted by Gasteiger charge is 2.40. The number of anilines is 1. The lowest BCUT2D eigenvalue weighted by molar-refractivity contribution is -0.140. The number of esters is 1. The summed E-state index contributed by atoms with van der Waals surface area (Å²) in [6, 6.07) is 13.1. The lowest BCUT2D eigenvalue weighted by Crippen LogP contribution is -2.39. The topological polar surface area (TPSA) is 84.3 Å². The van der Waals surface area contributed by atoms with Crippen LogP contribution >= 0.6 is 12.2 Å². The second-order valence-corrected chi connectivity index (χ2v) is 11.3. The van der Waals surface area contributed by atoms with Crippen LogP contribution < -0.4 is 9.64 Å². The number of carbonyl (C=O) groups is 3. The molecule has 0 unspecified atom stereocenters. The SMILES string of the molecule is CCOc1ccc(N2C(=O)/C(=C/c3cn(CC(=O)N4CCC(C)CC4)c4c(CC)cccc34)N(CC(=O)OC)C2=S)cc1. The Balaban J connectivity index is 1.55. The van der Waals surface area contributed by atoms with Crippen molar-refractivity contribution in [2.45, 2.75) is 46.6 Å². The molecule has 10 heteroatoms. The Hall–Kier alpha value is -4.18. The van der Waals surface area contributed by atoms with E-state index in [0.717, 1.165) is 54.4 Å². The number of aromatic nitrogens is 1. The van der Waals surface area contributed by atoms with E-state index in [1.165, 1.54) is 16.9 Å². The second kappa shape index (κ2) is 13.0. The van der Waals surface area contributed by atoms with E-state index in [9.17, 15) is 14.4 Å². The summed E-state index contributed by atoms with van der Waals surface area (Å²) in [4.78, 5) is 44.6. The van der Waals surface area contributed by atoms with Crippen molar-refractivity contribution in [3.05, 3.63) is 65.5 Å². The molecule has 0 spiro atoms. The van der Waals surface area contributed by atoms with Crippen molar-refractivity contribution >= 4 is 57.8 Å². The normalized spacial score (nSPS) is 16.9. The van der Waals surface area contributed by atoms with Gasteiger partial charge in [0.05, 0.1) is 24.9 Å². The Kier molecular flexibility index (Phi) is 9.15. The van der Waals surface area contributed by atoms with E-state index in [1.807, 2.05) is 34.7 Å². The molecule has 43 heavy (non-hydrogen) atoms. The number of para-hydroxylation sites is 1. The third kappa shape index (κ3) is 6.15. The van der Waals surface area contributed by atoms with Crippen LogP contribution in [0.15, 0.2) is 54.4 Å². The summed E-state index contributed by atoms with van der Waals surface area (Å²) in [7, 11) is 1.30. The fraction of sp³-hybridized carbons (Fsp3) is 0.394. The van der Waals surface area contributed by atoms with Crippen molar-refractivity contribution < 1.29 is 23.9 Å². The molecule has 3 aromatic rings. The van der Waals surface area contributed by atoms with Crippen LogP contribution in [-0.2, 0) is 32.1 Å². The largest absolute Gasteiger partial charge is 0.494 e. The number of piperidine rings is 1. The number of ether oxygens (including phenoxy) is 2. The molecule has 2 amide bonds. The number of hydrogen-bond donors (Lipinski definition) is 0. The summed E-state index contributed by atoms with van der Waals surface area (Å²) in [6.07, 6.45) is 6.50. The zero-order valence-corrected chi connectivity index (χ0v) is 26.0. The van der Waals surface area contributed by atoms with Crippen molar-refractivity contribution in [3.63, 3.8) is 0 Å². The smallest absolute Gasteiger partial charge is 0.325 e. The summed E-state index contributed by atoms with van der Waals surface area (Å²) in [5.41, 5.74) is 3.65. The molecular formula is C33H38N4O5S. The molecule has 2 fully saturated rings. The standard InChI is InChI=1S/C33H38N4O5S/c1-5-23-8-7-9-27-24(19-35(31(23)27)20-29(38)34-16-14-22(3)15-17-34)18-28-32(40)37(33(43)36(28)21-30(39)41-4)25-10-12-26(13-11-25)42-6-2/h7-13,18-19,22H,5-6,14-17,20-21H2,1-4H3/b28-18-. The number of methoxy groups -OCH3 is 1. The van der Waals surface area contributed by atoms with Crippen LogP contribution in [0.5, 0.6) is 5.75 Å². The third-order valence-corrected chi connectivity index (χ3v) is 8.59. The predicted octanol–water partition coefficient (Wildman–Crippen LogP) is 5.01. The maximum atomic E-state index is 14.0. The second-order valence-electron chi connectivity index (χ2n) is 11.0. The number of hydrogen-bond acceptors (Lipinski definition) is 6. The van der Waals surface area contributed by atoms with Crippen LogP contribution in [0.1, 0.15) is 44.7 Å². The lowest BCUT2D eigenvalue weighted by Gasteiger charge is -2.30. The summed E-state index contributed by atoms with van der Waals surface area (Å²) in [6.45, 7) is 8.27. The van der Waals surface area contributed by atoms with Crippen molar-refractivity contribution in [1.29, 1.82) is 0 Å². The first-order valence-corrected chi connectivity index (χ1v) is 15.2. The van der Waals surface area contributed by atoms with Gasteiger partial charge in [0.25, 0.3) is 5.91 Å². The number of fused-ring (bicyclic) bond motifs is 1. The average Bonchev–Trinajstić information content (AvgIpc) is 3.47. The van der Waals surface area contributed by atoms with Gasteiger partial charge in [0.15, 0.2) is 5.11 Å². The van der Waals surface area contributed by atoms with Gasteiger partial charge in [-0.3, -0.25) is 19.3 Å². The van der Waals surface area contributed by atoms with Crippen LogP contribution in [0.4, 0.5) is 5.69 Å². The quantitative estimate of drug-likeness (QED) is 0.194. The van der Waals surface area contributed by atoms with Crippen molar-refractivity contribution in [1.82, 2.24) is 14.4 Å². The maximum absolute atomic E-state index is 14.0. The van der Waals surface area contributed by atoms with Crippen molar-refractivity contribution in [3.8, 4) is 5.75 Å². The van der Waals surface area contributed by atoms with E-state index in [4.69, 9.17) is 21.7 Å². The number of carbonyl (C=O) groups excluding carboxylic acids is 3. The van der Waals surface area contributed by atoms with Gasteiger partial charge in [-0.05, 0) is 80.2 Å². The molecule has 0 atom stereocenters. The molecule has 2 aromatic carbocycles. The first-order valence-electron chi connectivity index (χ1n) is 14.8. The molecule has 226 valence electrons. The Morgan fingerprint density at radius 2 is 1.77 bits per heavy atom. The minimum absolute atomic E-state index is 0.0843. The molecule has 0 radical (unpaired) electrons. The molecule has 5 rings (SSSR count). The molecule has 0 bridgehead atoms. The fourth-order valence-electron chi connectivity index (χ4n) is 5.75. The maximum Gasteiger partial charge on any atom is 0.325 e. The summed E-state index contributed by atoms with van der Waals surface area (Å²) in [5.74, 6) is 0.516. The first-order chi connectivity index (χ1) is 20.7. The van der Waals surface area contributed by atoms with Gasteiger partial charge in [0.1, 0.15) is 24.5 Å². The lowest BCUT2D eigenvalue weighted by atomic mass is 9.99. The van der Waals surface area contributed by atoms with Gasteiger partial charge in [-0.2, -0.15) is 0 Å². The highest BCUT2D eigenvalue weighted by Crippen LogP contribution is 2.33. The predicted molar refractivity (Wildman–Crippen MR) is 171 cm³/mol. The van der Waals surface area contributed by atoms with Gasteiger partial charge < -0.3 is 23.8 Å². The van der Waals surface area contributed by atoms with Crippen LogP contribution in [0.3, 0.4) is 0 Å². The van der Waals surface area contributed by atoms with Gasteiger partial charge in [-0.25, -0.2) is 0 Å². The summed E-state index contributed by atoms with van der Waals surface area (Å²) < 4.78 is 12.5. The number of amides is 2. The van der Waals surface area contributed by atoms with E-state index < -0.39 is 5.97 Å². The van der Waals surface area contributed by atoms with Gasteiger partial charge in [-0.15, -0.1) is 0 Å². The van der Waals surface area contributed by atoms with Gasteiger partial charge >= 0.3 is 5.97 Å². The highest BCUT2D eigenvalue weighted by atomic mass is 32.1. The van der Waals surface area contributed by atoms with Crippen LogP contribution in [0.2, 0.25) is 0 Å². The molecule has 2 saturated heterocycles. The fourth-order valence-corrected chi connectivity index (χ4v) is 6.11. The molecule has 0 N–H and O–H groups in total. The minimum atomic E-state index is -0.522. The Morgan fingerprint density at radius 3 is 2.42 bits per heavy atom. The summed E-state index contributed by atoms with van der Waals surface area (Å²) in [5, 5.41) is 1.10. The molecular weight excluding hydrogens is 564 g/mol. The van der Waals surface area contributed by atoms with E-state index in [-0.39, 0.29) is 35.7 Å². The first kappa shape index (κ1) is 30.3. The minimum Gasteiger partial charge on any atom is -0.494 e. The Bertz CT molecular complexity index is 1570. The number of rotatable bonds is 9. The molecule has 3 heterocycles. The van der Waals surface area contributed by atoms with Crippen molar-refractivity contribution in [2.75, 3.05) is 38.3 Å².